The van der Waals surface area contributed by atoms with Gasteiger partial charge in [0.2, 0.25) is 5.91 Å². The zero-order valence-corrected chi connectivity index (χ0v) is 24.6. The molecule has 42 heavy (non-hydrogen) atoms. The number of rotatable bonds is 6. The summed E-state index contributed by atoms with van der Waals surface area (Å²) < 4.78 is 5.49. The lowest BCUT2D eigenvalue weighted by molar-refractivity contribution is -0.118. The number of pyridine rings is 1. The van der Waals surface area contributed by atoms with Crippen molar-refractivity contribution in [1.29, 1.82) is 0 Å². The number of anilines is 2. The van der Waals surface area contributed by atoms with Gasteiger partial charge >= 0.3 is 0 Å². The van der Waals surface area contributed by atoms with Crippen LogP contribution in [0.25, 0.3) is 28.6 Å². The standard InChI is InChI=1S/C34H36N6O2/c1-5-21(2)31-24(27-19-34(27)26-18-23(42-4)8-12-29(26)36-33(34)41)9-10-25-28(37-38-32(25)31)11-6-22-7-13-30(35-20-22)40-16-14-39(3)15-17-40/h5-13,18,20,27H,14-17,19H2,1-4H3,(H,36,41)(H,37,38)/b11-6+,21-5?. The largest absolute Gasteiger partial charge is 0.497 e. The molecule has 4 aromatic rings. The lowest BCUT2D eigenvalue weighted by Gasteiger charge is -2.33. The number of piperazine rings is 1. The molecule has 4 heterocycles. The Morgan fingerprint density at radius 1 is 1.10 bits per heavy atom. The second kappa shape index (κ2) is 10.1. The van der Waals surface area contributed by atoms with E-state index in [1.54, 1.807) is 7.11 Å². The van der Waals surface area contributed by atoms with Gasteiger partial charge in [-0.3, -0.25) is 9.89 Å². The summed E-state index contributed by atoms with van der Waals surface area (Å²) in [4.78, 5) is 22.8. The Bertz CT molecular complexity index is 1750. The number of benzene rings is 2. The molecular formula is C34H36N6O2. The number of amides is 1. The van der Waals surface area contributed by atoms with Crippen molar-refractivity contribution in [3.05, 3.63) is 82.7 Å². The molecule has 7 rings (SSSR count). The highest BCUT2D eigenvalue weighted by molar-refractivity contribution is 6.10. The molecule has 8 heteroatoms. The average Bonchev–Trinajstić information content (AvgIpc) is 3.55. The summed E-state index contributed by atoms with van der Waals surface area (Å²) >= 11 is 0. The molecule has 2 fully saturated rings. The Morgan fingerprint density at radius 3 is 2.67 bits per heavy atom. The topological polar surface area (TPSA) is 86.4 Å². The Hall–Kier alpha value is -4.43. The third kappa shape index (κ3) is 4.20. The van der Waals surface area contributed by atoms with Crippen LogP contribution in [0.3, 0.4) is 0 Å². The van der Waals surface area contributed by atoms with Crippen molar-refractivity contribution in [3.8, 4) is 5.75 Å². The smallest absolute Gasteiger partial charge is 0.235 e. The molecule has 3 aliphatic rings. The van der Waals surface area contributed by atoms with Gasteiger partial charge in [-0.05, 0) is 86.0 Å². The van der Waals surface area contributed by atoms with Crippen LogP contribution >= 0.6 is 0 Å². The van der Waals surface area contributed by atoms with Gasteiger partial charge in [0, 0.05) is 54.9 Å². The second-order valence-electron chi connectivity index (χ2n) is 11.7. The molecule has 2 aromatic carbocycles. The fourth-order valence-electron chi connectivity index (χ4n) is 6.66. The summed E-state index contributed by atoms with van der Waals surface area (Å²) in [6.45, 7) is 8.30. The monoisotopic (exact) mass is 560 g/mol. The highest BCUT2D eigenvalue weighted by Crippen LogP contribution is 2.66. The van der Waals surface area contributed by atoms with E-state index in [9.17, 15) is 4.79 Å². The van der Waals surface area contributed by atoms with E-state index in [4.69, 9.17) is 14.8 Å². The van der Waals surface area contributed by atoms with Crippen molar-refractivity contribution in [2.24, 2.45) is 0 Å². The Morgan fingerprint density at radius 2 is 1.93 bits per heavy atom. The first-order valence-corrected chi connectivity index (χ1v) is 14.6. The van der Waals surface area contributed by atoms with Crippen LogP contribution in [0.1, 0.15) is 54.1 Å². The molecular weight excluding hydrogens is 524 g/mol. The fraction of sp³-hybridized carbons (Fsp3) is 0.324. The number of nitrogens with one attached hydrogen (secondary N) is 2. The number of aromatic nitrogens is 3. The second-order valence-corrected chi connectivity index (χ2v) is 11.7. The number of hydrogen-bond acceptors (Lipinski definition) is 6. The predicted molar refractivity (Wildman–Crippen MR) is 169 cm³/mol. The first kappa shape index (κ1) is 26.5. The summed E-state index contributed by atoms with van der Waals surface area (Å²) in [6, 6.07) is 14.4. The van der Waals surface area contributed by atoms with Gasteiger partial charge in [-0.1, -0.05) is 24.3 Å². The molecule has 2 unspecified atom stereocenters. The van der Waals surface area contributed by atoms with Crippen molar-refractivity contribution in [2.45, 2.75) is 31.6 Å². The third-order valence-electron chi connectivity index (χ3n) is 9.35. The molecule has 1 aliphatic carbocycles. The van der Waals surface area contributed by atoms with Crippen molar-refractivity contribution in [2.75, 3.05) is 50.6 Å². The normalized spacial score (nSPS) is 22.3. The molecule has 1 spiro atoms. The first-order chi connectivity index (χ1) is 20.4. The third-order valence-corrected chi connectivity index (χ3v) is 9.35. The van der Waals surface area contributed by atoms with Gasteiger partial charge in [-0.15, -0.1) is 0 Å². The molecule has 2 aliphatic heterocycles. The minimum atomic E-state index is -0.567. The number of carbonyl (C=O) groups excluding carboxylic acids is 1. The van der Waals surface area contributed by atoms with Gasteiger partial charge < -0.3 is 19.9 Å². The lowest BCUT2D eigenvalue weighted by Crippen LogP contribution is -2.44. The van der Waals surface area contributed by atoms with Crippen LogP contribution in [0.15, 0.2) is 54.7 Å². The predicted octanol–water partition coefficient (Wildman–Crippen LogP) is 5.69. The van der Waals surface area contributed by atoms with Gasteiger partial charge in [0.1, 0.15) is 17.1 Å². The van der Waals surface area contributed by atoms with Crippen LogP contribution in [0, 0.1) is 0 Å². The molecule has 0 bridgehead atoms. The first-order valence-electron chi connectivity index (χ1n) is 14.6. The molecule has 1 saturated heterocycles. The number of aromatic amines is 1. The highest BCUT2D eigenvalue weighted by Gasteiger charge is 2.65. The Kier molecular flexibility index (Phi) is 6.39. The van der Waals surface area contributed by atoms with Crippen LogP contribution in [-0.4, -0.2) is 66.3 Å². The van der Waals surface area contributed by atoms with Gasteiger partial charge in [-0.25, -0.2) is 4.98 Å². The number of ether oxygens (including phenoxy) is 1. The van der Waals surface area contributed by atoms with E-state index < -0.39 is 5.41 Å². The number of fused-ring (bicyclic) bond motifs is 3. The number of allylic oxidation sites excluding steroid dienone is 2. The molecule has 8 nitrogen and oxygen atoms in total. The summed E-state index contributed by atoms with van der Waals surface area (Å²) in [6.07, 6.45) is 8.97. The van der Waals surface area contributed by atoms with Gasteiger partial charge in [0.05, 0.1) is 18.2 Å². The van der Waals surface area contributed by atoms with Crippen LogP contribution in [-0.2, 0) is 10.2 Å². The van der Waals surface area contributed by atoms with Crippen molar-refractivity contribution >= 4 is 46.0 Å². The summed E-state index contributed by atoms with van der Waals surface area (Å²) in [5, 5.41) is 12.2. The van der Waals surface area contributed by atoms with Crippen molar-refractivity contribution < 1.29 is 9.53 Å². The number of carbonyl (C=O) groups is 1. The van der Waals surface area contributed by atoms with Crippen LogP contribution < -0.4 is 15.0 Å². The molecule has 1 amide bonds. The van der Waals surface area contributed by atoms with E-state index in [-0.39, 0.29) is 11.8 Å². The molecule has 2 N–H and O–H groups in total. The highest BCUT2D eigenvalue weighted by atomic mass is 16.5. The molecule has 214 valence electrons. The summed E-state index contributed by atoms with van der Waals surface area (Å²) in [5.41, 5.74) is 7.67. The fourth-order valence-corrected chi connectivity index (χ4v) is 6.66. The van der Waals surface area contributed by atoms with E-state index in [1.165, 1.54) is 0 Å². The zero-order chi connectivity index (χ0) is 29.0. The number of hydrogen-bond donors (Lipinski definition) is 2. The number of methoxy groups -OCH3 is 1. The minimum Gasteiger partial charge on any atom is -0.497 e. The molecule has 2 aromatic heterocycles. The molecule has 1 saturated carbocycles. The van der Waals surface area contributed by atoms with Crippen molar-refractivity contribution in [1.82, 2.24) is 20.1 Å². The molecule has 0 radical (unpaired) electrons. The van der Waals surface area contributed by atoms with Gasteiger partial charge in [0.25, 0.3) is 0 Å². The van der Waals surface area contributed by atoms with E-state index >= 15 is 0 Å². The quantitative estimate of drug-likeness (QED) is 0.315. The molecule has 2 atom stereocenters. The van der Waals surface area contributed by atoms with Crippen LogP contribution in [0.4, 0.5) is 11.5 Å². The summed E-state index contributed by atoms with van der Waals surface area (Å²) in [7, 11) is 3.82. The Labute approximate surface area is 246 Å². The maximum absolute atomic E-state index is 13.4. The van der Waals surface area contributed by atoms with Crippen LogP contribution in [0.5, 0.6) is 5.75 Å². The zero-order valence-electron chi connectivity index (χ0n) is 24.6. The maximum Gasteiger partial charge on any atom is 0.235 e. The van der Waals surface area contributed by atoms with Crippen molar-refractivity contribution in [3.63, 3.8) is 0 Å². The Balaban J connectivity index is 1.19. The van der Waals surface area contributed by atoms with E-state index in [2.05, 4.69) is 83.6 Å². The number of nitrogens with zero attached hydrogens (tertiary/aromatic N) is 4. The van der Waals surface area contributed by atoms with E-state index in [0.717, 1.165) is 94.3 Å². The number of likely N-dealkylation sites (N-methyl/N-ethyl adjacent to an activating group) is 1. The van der Waals surface area contributed by atoms with E-state index in [0.29, 0.717) is 0 Å². The SMILES string of the molecule is CC=C(C)c1c(C2CC23C(=O)Nc2ccc(OC)cc23)ccc2c(/C=C/c3ccc(N4CCN(C)CC4)nc3)[nH]nc12. The van der Waals surface area contributed by atoms with E-state index in [1.807, 2.05) is 24.4 Å². The average molecular weight is 561 g/mol. The van der Waals surface area contributed by atoms with Crippen LogP contribution in [0.2, 0.25) is 0 Å². The van der Waals surface area contributed by atoms with Gasteiger partial charge in [0.15, 0.2) is 0 Å². The minimum absolute atomic E-state index is 0.0674. The van der Waals surface area contributed by atoms with Gasteiger partial charge in [-0.2, -0.15) is 5.10 Å². The lowest BCUT2D eigenvalue weighted by atomic mass is 9.87. The maximum atomic E-state index is 13.4. The number of H-pyrrole nitrogens is 1. The summed E-state index contributed by atoms with van der Waals surface area (Å²) in [5.74, 6) is 1.93.